The quantitative estimate of drug-likeness (QED) is 0.371. The monoisotopic (exact) mass is 212 g/mol. The second-order valence-electron chi connectivity index (χ2n) is 0.408. The molecule has 2 N–H and O–H groups in total. The van der Waals surface area contributed by atoms with Crippen LogP contribution in [0.3, 0.4) is 0 Å². The van der Waals surface area contributed by atoms with Gasteiger partial charge in [0.15, 0.2) is 0 Å². The normalized spacial score (nSPS) is 7.25. The first kappa shape index (κ1) is 22.5. The van der Waals surface area contributed by atoms with Gasteiger partial charge in [-0.15, -0.1) is 0 Å². The van der Waals surface area contributed by atoms with Gasteiger partial charge in [0.25, 0.3) is 0 Å². The standard InChI is InChI=1S/Cr.2K.H2O.4O/h;;;1H2;;;;/q;2*+1;;;;2*-1. The van der Waals surface area contributed by atoms with Gasteiger partial charge in [-0.1, -0.05) is 0 Å². The van der Waals surface area contributed by atoms with Crippen LogP contribution in [0.2, 0.25) is 0 Å². The molecule has 40 valence electrons. The van der Waals surface area contributed by atoms with Crippen LogP contribution < -0.4 is 111 Å². The molecule has 0 aliphatic carbocycles. The van der Waals surface area contributed by atoms with E-state index >= 15 is 0 Å². The fourth-order valence-corrected chi connectivity index (χ4v) is 0. The Kier molecular flexibility index (Phi) is 28.9. The summed E-state index contributed by atoms with van der Waals surface area (Å²) in [4.78, 5) is 0. The molecule has 0 aromatic rings. The van der Waals surface area contributed by atoms with Crippen molar-refractivity contribution in [1.82, 2.24) is 0 Å². The first-order valence-corrected chi connectivity index (χ1v) is 2.75. The van der Waals surface area contributed by atoms with Crippen molar-refractivity contribution in [3.05, 3.63) is 0 Å². The Morgan fingerprint density at radius 1 is 1.00 bits per heavy atom. The van der Waals surface area contributed by atoms with Gasteiger partial charge in [0.05, 0.1) is 0 Å². The van der Waals surface area contributed by atoms with E-state index in [0.29, 0.717) is 0 Å². The van der Waals surface area contributed by atoms with Gasteiger partial charge in [-0.25, -0.2) is 0 Å². The van der Waals surface area contributed by atoms with Crippen molar-refractivity contribution >= 4 is 0 Å². The molecule has 0 aromatic heterocycles. The van der Waals surface area contributed by atoms with Gasteiger partial charge in [0.2, 0.25) is 0 Å². The summed E-state index contributed by atoms with van der Waals surface area (Å²) in [6.07, 6.45) is 0. The third-order valence-electron chi connectivity index (χ3n) is 0. The third kappa shape index (κ3) is 59.1. The first-order chi connectivity index (χ1) is 2.00. The predicted octanol–water partition coefficient (Wildman–Crippen LogP) is -9.43. The molecule has 8 heavy (non-hydrogen) atoms. The van der Waals surface area contributed by atoms with Crippen LogP contribution in [0.4, 0.5) is 0 Å². The Hall–Kier alpha value is 3.29. The molecule has 0 heterocycles. The molecule has 0 saturated carbocycles. The topological polar surface area (TPSA) is 112 Å². The molecule has 0 rings (SSSR count). The van der Waals surface area contributed by atoms with E-state index in [9.17, 15) is 0 Å². The van der Waals surface area contributed by atoms with Crippen molar-refractivity contribution < 1.29 is 138 Å². The fraction of sp³-hybridized carbons (Fsp3) is 0. The molecule has 0 spiro atoms. The van der Waals surface area contributed by atoms with Gasteiger partial charge < -0.3 is 5.48 Å². The minimum absolute atomic E-state index is 0. The van der Waals surface area contributed by atoms with Crippen molar-refractivity contribution in [1.29, 1.82) is 0 Å². The summed E-state index contributed by atoms with van der Waals surface area (Å²) in [6.45, 7) is 0. The molecule has 0 bridgehead atoms. The van der Waals surface area contributed by atoms with E-state index in [4.69, 9.17) is 15.9 Å². The average Bonchev–Trinajstić information content (AvgIpc) is 0.722. The molecule has 0 aliphatic heterocycles. The third-order valence-corrected chi connectivity index (χ3v) is 0. The van der Waals surface area contributed by atoms with Crippen LogP contribution in [0.5, 0.6) is 0 Å². The zero-order valence-corrected chi connectivity index (χ0v) is 12.1. The van der Waals surface area contributed by atoms with Crippen molar-refractivity contribution in [3.8, 4) is 0 Å². The van der Waals surface area contributed by atoms with Gasteiger partial charge in [0.1, 0.15) is 0 Å². The molecule has 8 heteroatoms. The zero-order chi connectivity index (χ0) is 4.50. The van der Waals surface area contributed by atoms with E-state index in [-0.39, 0.29) is 108 Å². The van der Waals surface area contributed by atoms with E-state index < -0.39 is 13.6 Å². The van der Waals surface area contributed by atoms with Crippen molar-refractivity contribution in [2.24, 2.45) is 0 Å². The predicted molar refractivity (Wildman–Crippen MR) is 4.99 cm³/mol. The van der Waals surface area contributed by atoms with Gasteiger partial charge in [-0.05, 0) is 0 Å². The van der Waals surface area contributed by atoms with Crippen LogP contribution in [0, 0.1) is 0 Å². The van der Waals surface area contributed by atoms with E-state index in [1.807, 2.05) is 0 Å². The molecule has 5 nitrogen and oxygen atoms in total. The summed E-state index contributed by atoms with van der Waals surface area (Å²) < 4.78 is 34.4. The number of rotatable bonds is 0. The van der Waals surface area contributed by atoms with Crippen LogP contribution in [0.1, 0.15) is 0 Å². The Labute approximate surface area is 134 Å². The van der Waals surface area contributed by atoms with Gasteiger partial charge in [-0.2, -0.15) is 0 Å². The minimum atomic E-state index is -5.75. The Morgan fingerprint density at radius 2 is 1.00 bits per heavy atom. The van der Waals surface area contributed by atoms with Gasteiger partial charge in [0, 0.05) is 0 Å². The summed E-state index contributed by atoms with van der Waals surface area (Å²) in [5, 5.41) is 0. The Bertz CT molecular complexity index is 93.6. The first-order valence-electron chi connectivity index (χ1n) is 0.667. The summed E-state index contributed by atoms with van der Waals surface area (Å²) in [6, 6.07) is 0. The van der Waals surface area contributed by atoms with E-state index in [1.165, 1.54) is 0 Å². The summed E-state index contributed by atoms with van der Waals surface area (Å²) >= 11 is -5.75. The molecular formula is H2CrK2O5. The van der Waals surface area contributed by atoms with Gasteiger partial charge >= 0.3 is 132 Å². The van der Waals surface area contributed by atoms with E-state index in [2.05, 4.69) is 0 Å². The molecule has 0 fully saturated rings. The van der Waals surface area contributed by atoms with E-state index in [0.717, 1.165) is 0 Å². The molecule has 0 aromatic carbocycles. The molecule has 0 unspecified atom stereocenters. The van der Waals surface area contributed by atoms with Gasteiger partial charge in [-0.3, -0.25) is 0 Å². The number of hydrogen-bond donors (Lipinski definition) is 0. The molecule has 0 amide bonds. The molecule has 0 radical (unpaired) electrons. The maximum atomic E-state index is 8.59. The molecule has 0 aliphatic rings. The summed E-state index contributed by atoms with van der Waals surface area (Å²) in [5.41, 5.74) is 0. The molecule has 0 saturated heterocycles. The maximum absolute atomic E-state index is 8.59. The summed E-state index contributed by atoms with van der Waals surface area (Å²) in [5.74, 6) is 0. The van der Waals surface area contributed by atoms with Crippen molar-refractivity contribution in [2.45, 2.75) is 0 Å². The average molecular weight is 212 g/mol. The SMILES string of the molecule is O.[K+].[K+].[O]=[Cr](=[O])([O-])[O-]. The van der Waals surface area contributed by atoms with Crippen LogP contribution in [0.25, 0.3) is 0 Å². The zero-order valence-electron chi connectivity index (χ0n) is 4.54. The second kappa shape index (κ2) is 10.3. The molecular weight excluding hydrogens is 210 g/mol. The molecule has 0 atom stereocenters. The van der Waals surface area contributed by atoms with Crippen molar-refractivity contribution in [3.63, 3.8) is 0 Å². The number of hydrogen-bond acceptors (Lipinski definition) is 4. The van der Waals surface area contributed by atoms with Crippen molar-refractivity contribution in [2.75, 3.05) is 0 Å². The van der Waals surface area contributed by atoms with Crippen LogP contribution in [0.15, 0.2) is 0 Å². The second-order valence-corrected chi connectivity index (χ2v) is 1.68. The summed E-state index contributed by atoms with van der Waals surface area (Å²) in [7, 11) is 0. The fourth-order valence-electron chi connectivity index (χ4n) is 0. The van der Waals surface area contributed by atoms with Crippen LogP contribution in [-0.4, -0.2) is 5.48 Å². The Morgan fingerprint density at radius 3 is 1.00 bits per heavy atom. The van der Waals surface area contributed by atoms with Crippen LogP contribution >= 0.6 is 0 Å². The Balaban J connectivity index is -0.0000000267. The van der Waals surface area contributed by atoms with E-state index in [1.54, 1.807) is 0 Å². The van der Waals surface area contributed by atoms with Crippen LogP contribution in [-0.2, 0) is 21.2 Å².